The molecule has 0 saturated heterocycles. The third kappa shape index (κ3) is 19.6. The first-order valence-electron chi connectivity index (χ1n) is 23.8. The van der Waals surface area contributed by atoms with Crippen molar-refractivity contribution in [2.75, 3.05) is 30.7 Å². The zero-order chi connectivity index (χ0) is 50.9. The van der Waals surface area contributed by atoms with Crippen LogP contribution in [0.2, 0.25) is 0 Å². The van der Waals surface area contributed by atoms with Crippen LogP contribution in [0.4, 0.5) is 0 Å². The average molecular weight is 1130 g/mol. The number of rotatable bonds is 18. The molecular formula is C61H62MoN4O2P4Si. The van der Waals surface area contributed by atoms with E-state index in [9.17, 15) is 0 Å². The summed E-state index contributed by atoms with van der Waals surface area (Å²) in [6, 6.07) is 99.9. The predicted molar refractivity (Wildman–Crippen MR) is 313 cm³/mol. The Morgan fingerprint density at radius 1 is 0.274 bits per heavy atom. The number of benzene rings is 9. The first kappa shape index (κ1) is 59.9. The standard InChI is InChI=1S/C30H34O2P2Si.C25H22P2.C6H6.Mo.2N2/c1-3-31-35(32-4-2,25-33(27-17-9-5-10-18-27)28-19-11-6-12-20-28)26-34(29-21-13-7-14-22-29)30-23-15-8-16-24-30;1-5-13-22(14-6-1)26(23-15-7-2-8-16-23)21-27(24-17-9-3-10-18-24)25-19-11-4-12-20-25;1-2-4-6-5-3-1;;2*1-2/h5-24H,3-4,25-26H2,1-2H3;1-20H,21H2;1-6H;;;. The maximum Gasteiger partial charge on any atom is 0.348 e. The fraction of sp³-hybridized carbons (Fsp3) is 0.115. The van der Waals surface area contributed by atoms with Crippen molar-refractivity contribution in [3.05, 3.63) is 279 Å². The number of hydrogen-bond acceptors (Lipinski definition) is 6. The van der Waals surface area contributed by atoms with Gasteiger partial charge in [0.2, 0.25) is 0 Å². The Labute approximate surface area is 454 Å². The summed E-state index contributed by atoms with van der Waals surface area (Å²) in [5.74, 6) is 3.08. The molecule has 0 N–H and O–H groups in total. The Kier molecular flexibility index (Phi) is 29.1. The van der Waals surface area contributed by atoms with Crippen LogP contribution in [0.5, 0.6) is 0 Å². The average Bonchev–Trinajstić information content (AvgIpc) is 3.48. The van der Waals surface area contributed by atoms with Crippen molar-refractivity contribution in [1.29, 1.82) is 21.6 Å². The Morgan fingerprint density at radius 2 is 0.425 bits per heavy atom. The van der Waals surface area contributed by atoms with Crippen molar-refractivity contribution in [1.82, 2.24) is 0 Å². The van der Waals surface area contributed by atoms with Crippen LogP contribution < -0.4 is 42.4 Å². The third-order valence-corrected chi connectivity index (χ3v) is 28.8. The van der Waals surface area contributed by atoms with Gasteiger partial charge in [-0.25, -0.2) is 0 Å². The van der Waals surface area contributed by atoms with E-state index in [2.05, 4.69) is 257 Å². The molecule has 368 valence electrons. The molecule has 0 amide bonds. The quantitative estimate of drug-likeness (QED) is 0.0480. The second-order valence-corrected chi connectivity index (χ2v) is 29.4. The van der Waals surface area contributed by atoms with Crippen molar-refractivity contribution in [3.63, 3.8) is 0 Å². The SMILES string of the molecule is CCO[Si](CP(c1ccccc1)c1ccccc1)(CP(c1ccccc1)c1ccccc1)OCC.N#N.N#N.[Mo].c1ccc(P(CP(c2ccccc2)c2ccccc2)c2ccccc2)cc1.c1ccccc1. The molecule has 0 saturated carbocycles. The Balaban J connectivity index is 0.000000269. The topological polar surface area (TPSA) is 114 Å². The molecule has 9 rings (SSSR count). The van der Waals surface area contributed by atoms with Gasteiger partial charge in [-0.1, -0.05) is 279 Å². The van der Waals surface area contributed by atoms with E-state index in [1.807, 2.05) is 36.4 Å². The number of nitrogens with zero attached hydrogens (tertiary/aromatic N) is 4. The molecule has 0 aliphatic carbocycles. The van der Waals surface area contributed by atoms with Crippen LogP contribution in [0.1, 0.15) is 13.8 Å². The summed E-state index contributed by atoms with van der Waals surface area (Å²) in [5, 5.41) is 35.4. The van der Waals surface area contributed by atoms with Crippen LogP contribution in [-0.2, 0) is 29.9 Å². The maximum atomic E-state index is 6.77. The molecule has 0 bridgehead atoms. The minimum atomic E-state index is -2.60. The minimum Gasteiger partial charge on any atom is -0.394 e. The molecule has 0 aromatic heterocycles. The van der Waals surface area contributed by atoms with Crippen molar-refractivity contribution in [2.45, 2.75) is 13.8 Å². The molecule has 12 heteroatoms. The summed E-state index contributed by atoms with van der Waals surface area (Å²) in [4.78, 5) is 0. The van der Waals surface area contributed by atoms with Crippen LogP contribution in [-0.4, -0.2) is 39.2 Å². The van der Waals surface area contributed by atoms with E-state index < -0.39 is 40.2 Å². The second-order valence-electron chi connectivity index (χ2n) is 15.8. The van der Waals surface area contributed by atoms with Gasteiger partial charge in [-0.15, -0.1) is 0 Å². The van der Waals surface area contributed by atoms with Gasteiger partial charge in [0.05, 0.1) is 0 Å². The van der Waals surface area contributed by atoms with Gasteiger partial charge in [0, 0.05) is 73.3 Å². The molecule has 0 heterocycles. The molecule has 0 radical (unpaired) electrons. The first-order valence-corrected chi connectivity index (χ1v) is 32.2. The van der Waals surface area contributed by atoms with Crippen molar-refractivity contribution < 1.29 is 29.9 Å². The first-order chi connectivity index (χ1) is 35.7. The second kappa shape index (κ2) is 35.5. The van der Waals surface area contributed by atoms with E-state index in [0.717, 1.165) is 11.6 Å². The van der Waals surface area contributed by atoms with E-state index in [0.29, 0.717) is 13.2 Å². The Morgan fingerprint density at radius 3 is 0.589 bits per heavy atom. The summed E-state index contributed by atoms with van der Waals surface area (Å²) in [6.07, 6.45) is 0. The molecule has 0 atom stereocenters. The molecule has 0 unspecified atom stereocenters. The van der Waals surface area contributed by atoms with Gasteiger partial charge in [0.15, 0.2) is 0 Å². The Bertz CT molecular complexity index is 2440. The largest absolute Gasteiger partial charge is 0.394 e. The molecule has 0 aliphatic rings. The molecule has 9 aromatic carbocycles. The van der Waals surface area contributed by atoms with E-state index in [1.54, 1.807) is 0 Å². The minimum absolute atomic E-state index is 0. The van der Waals surface area contributed by atoms with Gasteiger partial charge in [0.1, 0.15) is 0 Å². The summed E-state index contributed by atoms with van der Waals surface area (Å²) in [5.41, 5.74) is 0. The fourth-order valence-electron chi connectivity index (χ4n) is 7.96. The van der Waals surface area contributed by atoms with Gasteiger partial charge >= 0.3 is 8.56 Å². The molecule has 6 nitrogen and oxygen atoms in total. The summed E-state index contributed by atoms with van der Waals surface area (Å²) < 4.78 is 13.5. The maximum absolute atomic E-state index is 6.77. The normalized spacial score (nSPS) is 10.4. The zero-order valence-corrected chi connectivity index (χ0v) is 48.0. The summed E-state index contributed by atoms with van der Waals surface area (Å²) in [7, 11) is -4.63. The van der Waals surface area contributed by atoms with Gasteiger partial charge in [0.25, 0.3) is 0 Å². The molecular weight excluding hydrogens is 1070 g/mol. The molecule has 0 spiro atoms. The molecule has 73 heavy (non-hydrogen) atoms. The van der Waals surface area contributed by atoms with E-state index in [4.69, 9.17) is 30.4 Å². The van der Waals surface area contributed by atoms with Crippen molar-refractivity contribution in [3.8, 4) is 0 Å². The van der Waals surface area contributed by atoms with Crippen LogP contribution in [0.3, 0.4) is 0 Å². The smallest absolute Gasteiger partial charge is 0.348 e. The van der Waals surface area contributed by atoms with Crippen LogP contribution >= 0.6 is 31.7 Å². The summed E-state index contributed by atoms with van der Waals surface area (Å²) >= 11 is 0. The third-order valence-electron chi connectivity index (χ3n) is 11.1. The number of hydrogen-bond donors (Lipinski definition) is 0. The van der Waals surface area contributed by atoms with E-state index in [1.165, 1.54) is 48.3 Å². The molecule has 0 aliphatic heterocycles. The fourth-order valence-corrected chi connectivity index (χ4v) is 27.8. The van der Waals surface area contributed by atoms with Crippen LogP contribution in [0.15, 0.2) is 279 Å². The van der Waals surface area contributed by atoms with Gasteiger partial charge in [-0.3, -0.25) is 0 Å². The zero-order valence-electron chi connectivity index (χ0n) is 41.4. The van der Waals surface area contributed by atoms with Gasteiger partial charge < -0.3 is 8.85 Å². The van der Waals surface area contributed by atoms with E-state index in [-0.39, 0.29) is 21.1 Å². The van der Waals surface area contributed by atoms with E-state index >= 15 is 0 Å². The van der Waals surface area contributed by atoms with Crippen molar-refractivity contribution in [2.24, 2.45) is 0 Å². The Hall–Kier alpha value is -5.63. The van der Waals surface area contributed by atoms with Crippen molar-refractivity contribution >= 4 is 82.7 Å². The van der Waals surface area contributed by atoms with Crippen LogP contribution in [0.25, 0.3) is 0 Å². The van der Waals surface area contributed by atoms with Gasteiger partial charge in [-0.05, 0) is 88.0 Å². The molecule has 9 aromatic rings. The van der Waals surface area contributed by atoms with Gasteiger partial charge in [-0.2, -0.15) is 0 Å². The molecule has 0 fully saturated rings. The monoisotopic (exact) mass is 1130 g/mol. The predicted octanol–water partition coefficient (Wildman–Crippen LogP) is 12.8. The summed E-state index contributed by atoms with van der Waals surface area (Å²) in [6.45, 7) is 5.57. The van der Waals surface area contributed by atoms with Crippen LogP contribution in [0, 0.1) is 21.6 Å².